The van der Waals surface area contributed by atoms with Crippen molar-refractivity contribution < 1.29 is 19.0 Å². The Kier molecular flexibility index (Phi) is 10.7. The average molecular weight is 443 g/mol. The van der Waals surface area contributed by atoms with Crippen LogP contribution in [0.15, 0.2) is 47.5 Å². The first kappa shape index (κ1) is 24.8. The summed E-state index contributed by atoms with van der Waals surface area (Å²) in [4.78, 5) is 16.4. The molecule has 2 aromatic carbocycles. The maximum Gasteiger partial charge on any atom is 0.251 e. The van der Waals surface area contributed by atoms with Gasteiger partial charge in [0.15, 0.2) is 17.5 Å². The lowest BCUT2D eigenvalue weighted by atomic mass is 10.1. The van der Waals surface area contributed by atoms with Gasteiger partial charge in [-0.1, -0.05) is 12.1 Å². The highest BCUT2D eigenvalue weighted by atomic mass is 16.5. The molecule has 0 aliphatic heterocycles. The summed E-state index contributed by atoms with van der Waals surface area (Å²) in [6, 6.07) is 13.1. The van der Waals surface area contributed by atoms with Gasteiger partial charge in [-0.2, -0.15) is 0 Å². The number of hydrogen-bond donors (Lipinski definition) is 3. The van der Waals surface area contributed by atoms with E-state index in [-0.39, 0.29) is 5.91 Å². The van der Waals surface area contributed by atoms with E-state index in [1.54, 1.807) is 45.5 Å². The van der Waals surface area contributed by atoms with Crippen LogP contribution in [0.1, 0.15) is 29.3 Å². The number of rotatable bonds is 12. The first-order valence-electron chi connectivity index (χ1n) is 10.8. The minimum atomic E-state index is -0.139. The Labute approximate surface area is 190 Å². The van der Waals surface area contributed by atoms with E-state index >= 15 is 0 Å². The summed E-state index contributed by atoms with van der Waals surface area (Å²) in [6.07, 6.45) is 1.84. The van der Waals surface area contributed by atoms with Crippen LogP contribution in [0.3, 0.4) is 0 Å². The van der Waals surface area contributed by atoms with Gasteiger partial charge in [-0.3, -0.25) is 9.79 Å². The van der Waals surface area contributed by atoms with E-state index in [1.807, 2.05) is 19.1 Å². The molecule has 0 aliphatic rings. The molecular weight excluding hydrogens is 408 g/mol. The number of aliphatic imine (C=N–C) groups is 1. The van der Waals surface area contributed by atoms with Gasteiger partial charge in [0, 0.05) is 32.2 Å². The predicted molar refractivity (Wildman–Crippen MR) is 127 cm³/mol. The van der Waals surface area contributed by atoms with Gasteiger partial charge < -0.3 is 30.2 Å². The van der Waals surface area contributed by atoms with E-state index in [4.69, 9.17) is 14.2 Å². The number of guanidine groups is 1. The highest BCUT2D eigenvalue weighted by molar-refractivity contribution is 5.94. The number of nitrogens with one attached hydrogen (secondary N) is 3. The number of ether oxygens (including phenoxy) is 3. The van der Waals surface area contributed by atoms with Crippen LogP contribution in [-0.4, -0.2) is 59.4 Å². The number of benzene rings is 2. The second-order valence-electron chi connectivity index (χ2n) is 6.94. The van der Waals surface area contributed by atoms with Crippen LogP contribution in [-0.2, 0) is 6.42 Å². The van der Waals surface area contributed by atoms with E-state index in [2.05, 4.69) is 27.0 Å². The number of nitrogens with zero attached hydrogens (tertiary/aromatic N) is 1. The smallest absolute Gasteiger partial charge is 0.251 e. The van der Waals surface area contributed by atoms with Gasteiger partial charge in [-0.15, -0.1) is 0 Å². The van der Waals surface area contributed by atoms with E-state index in [9.17, 15) is 4.79 Å². The van der Waals surface area contributed by atoms with Crippen molar-refractivity contribution in [1.82, 2.24) is 16.0 Å². The summed E-state index contributed by atoms with van der Waals surface area (Å²) in [5, 5.41) is 9.37. The second-order valence-corrected chi connectivity index (χ2v) is 6.94. The lowest BCUT2D eigenvalue weighted by molar-refractivity contribution is 0.0954. The molecule has 8 heteroatoms. The van der Waals surface area contributed by atoms with Crippen LogP contribution in [0.5, 0.6) is 17.2 Å². The molecule has 2 rings (SSSR count). The summed E-state index contributed by atoms with van der Waals surface area (Å²) in [7, 11) is 4.95. The van der Waals surface area contributed by atoms with Crippen LogP contribution in [0, 0.1) is 0 Å². The third-order valence-electron chi connectivity index (χ3n) is 4.72. The van der Waals surface area contributed by atoms with Crippen molar-refractivity contribution in [3.05, 3.63) is 53.6 Å². The first-order valence-corrected chi connectivity index (χ1v) is 10.8. The maximum atomic E-state index is 12.2. The highest BCUT2D eigenvalue weighted by Crippen LogP contribution is 2.28. The Balaban J connectivity index is 1.68. The number of aryl methyl sites for hydroxylation is 1. The summed E-state index contributed by atoms with van der Waals surface area (Å²) < 4.78 is 16.1. The van der Waals surface area contributed by atoms with E-state index in [1.165, 1.54) is 5.56 Å². The van der Waals surface area contributed by atoms with Crippen molar-refractivity contribution in [2.75, 3.05) is 47.5 Å². The molecule has 0 aliphatic carbocycles. The first-order chi connectivity index (χ1) is 15.6. The van der Waals surface area contributed by atoms with Gasteiger partial charge in [0.2, 0.25) is 0 Å². The molecule has 0 atom stereocenters. The van der Waals surface area contributed by atoms with Crippen molar-refractivity contribution >= 4 is 11.9 Å². The Morgan fingerprint density at radius 3 is 2.44 bits per heavy atom. The third-order valence-corrected chi connectivity index (χ3v) is 4.72. The molecule has 1 amide bonds. The highest BCUT2D eigenvalue weighted by Gasteiger charge is 2.07. The maximum absolute atomic E-state index is 12.2. The standard InChI is InChI=1S/C24H34N4O4/c1-5-32-22-16-18(11-12-21(22)31-4)8-7-13-27-24(25-2)28-15-14-26-23(29)19-9-6-10-20(17-19)30-3/h6,9-12,16-17H,5,7-8,13-15H2,1-4H3,(H,26,29)(H2,25,27,28). The molecule has 3 N–H and O–H groups in total. The van der Waals surface area contributed by atoms with Crippen molar-refractivity contribution in [2.45, 2.75) is 19.8 Å². The number of carbonyl (C=O) groups is 1. The lowest BCUT2D eigenvalue weighted by Gasteiger charge is -2.13. The van der Waals surface area contributed by atoms with Gasteiger partial charge in [0.25, 0.3) is 5.91 Å². The van der Waals surface area contributed by atoms with E-state index in [0.29, 0.717) is 37.0 Å². The largest absolute Gasteiger partial charge is 0.497 e. The van der Waals surface area contributed by atoms with Crippen LogP contribution in [0.2, 0.25) is 0 Å². The molecule has 32 heavy (non-hydrogen) atoms. The summed E-state index contributed by atoms with van der Waals surface area (Å²) >= 11 is 0. The number of amides is 1. The molecule has 0 radical (unpaired) electrons. The van der Waals surface area contributed by atoms with Crippen LogP contribution < -0.4 is 30.2 Å². The number of methoxy groups -OCH3 is 2. The van der Waals surface area contributed by atoms with E-state index < -0.39 is 0 Å². The Morgan fingerprint density at radius 2 is 1.72 bits per heavy atom. The fraction of sp³-hybridized carbons (Fsp3) is 0.417. The van der Waals surface area contributed by atoms with Crippen molar-refractivity contribution in [3.63, 3.8) is 0 Å². The number of carbonyl (C=O) groups excluding carboxylic acids is 1. The Bertz CT molecular complexity index is 886. The van der Waals surface area contributed by atoms with E-state index in [0.717, 1.165) is 30.9 Å². The molecule has 174 valence electrons. The van der Waals surface area contributed by atoms with Gasteiger partial charge in [0.05, 0.1) is 20.8 Å². The zero-order valence-electron chi connectivity index (χ0n) is 19.4. The van der Waals surface area contributed by atoms with Crippen molar-refractivity contribution in [1.29, 1.82) is 0 Å². The third kappa shape index (κ3) is 8.02. The predicted octanol–water partition coefficient (Wildman–Crippen LogP) is 2.63. The average Bonchev–Trinajstić information content (AvgIpc) is 2.83. The molecule has 0 bridgehead atoms. The lowest BCUT2D eigenvalue weighted by Crippen LogP contribution is -2.41. The molecule has 0 saturated heterocycles. The summed E-state index contributed by atoms with van der Waals surface area (Å²) in [6.45, 7) is 4.36. The molecule has 0 aromatic heterocycles. The summed E-state index contributed by atoms with van der Waals surface area (Å²) in [5.41, 5.74) is 1.76. The topological polar surface area (TPSA) is 93.2 Å². The fourth-order valence-corrected chi connectivity index (χ4v) is 3.09. The second kappa shape index (κ2) is 13.8. The minimum Gasteiger partial charge on any atom is -0.497 e. The molecular formula is C24H34N4O4. The summed E-state index contributed by atoms with van der Waals surface area (Å²) in [5.74, 6) is 2.74. The Morgan fingerprint density at radius 1 is 0.938 bits per heavy atom. The number of hydrogen-bond acceptors (Lipinski definition) is 5. The minimum absolute atomic E-state index is 0.139. The van der Waals surface area contributed by atoms with Gasteiger partial charge in [0.1, 0.15) is 5.75 Å². The van der Waals surface area contributed by atoms with Gasteiger partial charge >= 0.3 is 0 Å². The quantitative estimate of drug-likeness (QED) is 0.266. The van der Waals surface area contributed by atoms with Gasteiger partial charge in [-0.25, -0.2) is 0 Å². The molecule has 2 aromatic rings. The molecule has 0 saturated carbocycles. The van der Waals surface area contributed by atoms with Crippen LogP contribution in [0.4, 0.5) is 0 Å². The molecule has 0 spiro atoms. The molecule has 0 unspecified atom stereocenters. The molecule has 0 heterocycles. The zero-order valence-corrected chi connectivity index (χ0v) is 19.4. The van der Waals surface area contributed by atoms with Crippen molar-refractivity contribution in [3.8, 4) is 17.2 Å². The van der Waals surface area contributed by atoms with Gasteiger partial charge in [-0.05, 0) is 55.7 Å². The van der Waals surface area contributed by atoms with Crippen LogP contribution in [0.25, 0.3) is 0 Å². The SMILES string of the molecule is CCOc1cc(CCCNC(=NC)NCCNC(=O)c2cccc(OC)c2)ccc1OC. The fourth-order valence-electron chi connectivity index (χ4n) is 3.09. The monoisotopic (exact) mass is 442 g/mol. The zero-order chi connectivity index (χ0) is 23.2. The Hall–Kier alpha value is -3.42. The normalized spacial score (nSPS) is 10.9. The van der Waals surface area contributed by atoms with Crippen LogP contribution >= 0.6 is 0 Å². The van der Waals surface area contributed by atoms with Crippen molar-refractivity contribution in [2.24, 2.45) is 4.99 Å². The molecule has 8 nitrogen and oxygen atoms in total. The molecule has 0 fully saturated rings.